The molecule has 24 rings (SSSR count). The van der Waals surface area contributed by atoms with Gasteiger partial charge in [0, 0.05) is 119 Å². The molecule has 0 spiro atoms. The van der Waals surface area contributed by atoms with Crippen molar-refractivity contribution in [1.82, 2.24) is 54.4 Å². The summed E-state index contributed by atoms with van der Waals surface area (Å²) in [5, 5.41) is 10.6. The molecule has 0 atom stereocenters. The van der Waals surface area contributed by atoms with E-state index in [0.29, 0.717) is 34.9 Å². The molecule has 8 aromatic heterocycles. The Morgan fingerprint density at radius 2 is 0.736 bits per heavy atom. The van der Waals surface area contributed by atoms with Crippen LogP contribution in [0, 0.1) is 0 Å². The van der Waals surface area contributed by atoms with E-state index in [1.807, 2.05) is 195 Å². The summed E-state index contributed by atoms with van der Waals surface area (Å²) in [7, 11) is 0. The van der Waals surface area contributed by atoms with Crippen LogP contribution in [-0.2, 0) is 5.41 Å². The van der Waals surface area contributed by atoms with E-state index in [1.54, 1.807) is 6.20 Å². The number of hydrogen-bond acceptors (Lipinski definition) is 11. The Morgan fingerprint density at radius 1 is 0.264 bits per heavy atom. The SMILES string of the molecule is CC1(C)c2cc(-c3cccc(-c4cccc(-c5nc(-c6ccccc6)nc(-c6ccccc6)n5)c4)c3)ccc2-c2c1ccc1ccccc21.c1ccc(-c2cc(-c3ccccn3)cc(-c3cc4ccccc4c4c3oc3ccncc34)c2)nc1.c1ccc(-c2nc(-c3ccccc3)nc(-c3cccc(-n4c5ccccc5c5c6cccnc6ccc54)c3)n2)cc1. The van der Waals surface area contributed by atoms with Crippen molar-refractivity contribution in [2.24, 2.45) is 0 Å². The van der Waals surface area contributed by atoms with Gasteiger partial charge in [-0.05, 0) is 181 Å². The monoisotopic (exact) mass is 1600 g/mol. The third kappa shape index (κ3) is 14.0. The number of hydrogen-bond donors (Lipinski definition) is 0. The van der Waals surface area contributed by atoms with E-state index in [2.05, 4.69) is 257 Å². The maximum Gasteiger partial charge on any atom is 0.164 e. The number of nitrogens with zero attached hydrogens (tertiary/aromatic N) is 11. The summed E-state index contributed by atoms with van der Waals surface area (Å²) >= 11 is 0. The van der Waals surface area contributed by atoms with E-state index >= 15 is 0 Å². The van der Waals surface area contributed by atoms with E-state index < -0.39 is 0 Å². The molecule has 0 saturated carbocycles. The van der Waals surface area contributed by atoms with Crippen molar-refractivity contribution >= 4 is 76.2 Å². The smallest absolute Gasteiger partial charge is 0.164 e. The Bertz CT molecular complexity index is 7890. The van der Waals surface area contributed by atoms with Gasteiger partial charge in [0.1, 0.15) is 11.2 Å². The van der Waals surface area contributed by atoms with E-state index in [-0.39, 0.29) is 5.41 Å². The van der Waals surface area contributed by atoms with Crippen LogP contribution in [0.4, 0.5) is 0 Å². The van der Waals surface area contributed by atoms with Crippen molar-refractivity contribution in [1.29, 1.82) is 0 Å². The van der Waals surface area contributed by atoms with E-state index in [4.69, 9.17) is 34.3 Å². The molecule has 0 saturated heterocycles. The Labute approximate surface area is 721 Å². The zero-order chi connectivity index (χ0) is 83.3. The fraction of sp³-hybridized carbons (Fsp3) is 0.0265. The number of para-hydroxylation sites is 1. The van der Waals surface area contributed by atoms with Gasteiger partial charge in [-0.3, -0.25) is 19.9 Å². The molecule has 0 N–H and O–H groups in total. The van der Waals surface area contributed by atoms with Crippen LogP contribution in [0.25, 0.3) is 217 Å². The second-order valence-electron chi connectivity index (χ2n) is 31.8. The minimum atomic E-state index is -0.0849. The minimum absolute atomic E-state index is 0.0849. The molecular formula is C113H75N11O. The molecule has 12 heteroatoms. The molecule has 0 radical (unpaired) electrons. The molecule has 0 aliphatic heterocycles. The molecule has 12 nitrogen and oxygen atoms in total. The molecule has 15 aromatic carbocycles. The number of rotatable bonds is 12. The summed E-state index contributed by atoms with van der Waals surface area (Å²) < 4.78 is 8.78. The molecule has 0 bridgehead atoms. The normalized spacial score (nSPS) is 12.0. The van der Waals surface area contributed by atoms with Crippen LogP contribution < -0.4 is 0 Å². The van der Waals surface area contributed by atoms with Gasteiger partial charge < -0.3 is 8.98 Å². The van der Waals surface area contributed by atoms with Gasteiger partial charge in [-0.15, -0.1) is 0 Å². The number of furan rings is 1. The quantitative estimate of drug-likeness (QED) is 0.115. The lowest BCUT2D eigenvalue weighted by molar-refractivity contribution is 0.661. The molecular weight excluding hydrogens is 1530 g/mol. The molecule has 0 amide bonds. The van der Waals surface area contributed by atoms with Crippen molar-refractivity contribution in [2.75, 3.05) is 0 Å². The molecule has 23 aromatic rings. The second-order valence-corrected chi connectivity index (χ2v) is 31.8. The number of pyridine rings is 4. The van der Waals surface area contributed by atoms with Crippen molar-refractivity contribution in [3.05, 3.63) is 430 Å². The van der Waals surface area contributed by atoms with Gasteiger partial charge >= 0.3 is 0 Å². The maximum absolute atomic E-state index is 6.47. The van der Waals surface area contributed by atoms with Crippen LogP contribution in [-0.4, -0.2) is 54.4 Å². The summed E-state index contributed by atoms with van der Waals surface area (Å²) in [4.78, 5) is 47.7. The standard InChI is InChI=1S/C46H33N3.C36H23N5.C31H19N3O/c1-46(2)40-26-24-30-13-9-10-22-38(30)42(40)39-25-23-36(29-41(39)46)34-19-11-18-33(27-34)35-20-12-21-37(28-35)45-48-43(31-14-5-3-6-15-31)47-44(49-45)32-16-7-4-8-17-32;1-3-11-24(12-4-1)34-38-35(25-13-5-2-6-14-25)40-36(39-34)26-15-9-16-27(23-26)41-31-19-8-7-17-29(31)33-28-18-10-22-37-30(28)20-21-32(33)41;1-2-8-24-20(7-1)18-25(31-30(24)26-19-32-14-11-29(26)35-31)21-15-22(27-9-3-5-12-33-27)17-23(16-21)28-10-4-6-13-34-28/h3-29H,1-2H3;1-23H;1-19H. The Kier molecular flexibility index (Phi) is 19.0. The summed E-state index contributed by atoms with van der Waals surface area (Å²) in [5.74, 6) is 3.90. The average molecular weight is 1600 g/mol. The highest BCUT2D eigenvalue weighted by molar-refractivity contribution is 6.23. The summed E-state index contributed by atoms with van der Waals surface area (Å²) in [6.45, 7) is 4.71. The van der Waals surface area contributed by atoms with Crippen LogP contribution in [0.2, 0.25) is 0 Å². The van der Waals surface area contributed by atoms with Gasteiger partial charge in [-0.1, -0.05) is 293 Å². The van der Waals surface area contributed by atoms with Gasteiger partial charge in [0.05, 0.1) is 27.9 Å². The Hall–Kier alpha value is -16.7. The second kappa shape index (κ2) is 31.8. The lowest BCUT2D eigenvalue weighted by Crippen LogP contribution is -2.15. The zero-order valence-electron chi connectivity index (χ0n) is 68.2. The highest BCUT2D eigenvalue weighted by Gasteiger charge is 2.37. The molecule has 0 fully saturated rings. The topological polar surface area (TPSA) is 147 Å². The number of benzene rings is 15. The van der Waals surface area contributed by atoms with Gasteiger partial charge in [-0.2, -0.15) is 0 Å². The first kappa shape index (κ1) is 74.6. The van der Waals surface area contributed by atoms with Gasteiger partial charge in [0.25, 0.3) is 0 Å². The first-order chi connectivity index (χ1) is 61.7. The van der Waals surface area contributed by atoms with Crippen molar-refractivity contribution in [3.8, 4) is 141 Å². The summed E-state index contributed by atoms with van der Waals surface area (Å²) in [6, 6.07) is 134. The fourth-order valence-electron chi connectivity index (χ4n) is 17.8. The van der Waals surface area contributed by atoms with Crippen molar-refractivity contribution in [2.45, 2.75) is 19.3 Å². The molecule has 588 valence electrons. The van der Waals surface area contributed by atoms with Gasteiger partial charge in [0.2, 0.25) is 0 Å². The zero-order valence-corrected chi connectivity index (χ0v) is 68.2. The Morgan fingerprint density at radius 3 is 1.34 bits per heavy atom. The molecule has 1 aliphatic carbocycles. The molecule has 8 heterocycles. The van der Waals surface area contributed by atoms with Gasteiger partial charge in [-0.25, -0.2) is 29.9 Å². The predicted octanol–water partition coefficient (Wildman–Crippen LogP) is 28.1. The molecule has 1 aliphatic rings. The lowest BCUT2D eigenvalue weighted by atomic mass is 9.81. The largest absolute Gasteiger partial charge is 0.455 e. The van der Waals surface area contributed by atoms with E-state index in [0.717, 1.165) is 138 Å². The Balaban J connectivity index is 0.000000113. The number of aromatic nitrogens is 11. The first-order valence-electron chi connectivity index (χ1n) is 41.9. The molecule has 0 unspecified atom stereocenters. The third-order valence-electron chi connectivity index (χ3n) is 23.8. The van der Waals surface area contributed by atoms with E-state index in [9.17, 15) is 0 Å². The highest BCUT2D eigenvalue weighted by Crippen LogP contribution is 2.53. The predicted molar refractivity (Wildman–Crippen MR) is 509 cm³/mol. The van der Waals surface area contributed by atoms with Crippen LogP contribution in [0.3, 0.4) is 0 Å². The average Bonchev–Trinajstić information content (AvgIpc) is 1.58. The van der Waals surface area contributed by atoms with Crippen LogP contribution in [0.1, 0.15) is 25.0 Å². The fourth-order valence-corrected chi connectivity index (χ4v) is 17.8. The molecule has 125 heavy (non-hydrogen) atoms. The van der Waals surface area contributed by atoms with Crippen molar-refractivity contribution < 1.29 is 4.42 Å². The van der Waals surface area contributed by atoms with Crippen LogP contribution in [0.5, 0.6) is 0 Å². The van der Waals surface area contributed by atoms with Crippen LogP contribution in [0.15, 0.2) is 424 Å². The third-order valence-corrected chi connectivity index (χ3v) is 23.8. The van der Waals surface area contributed by atoms with Crippen LogP contribution >= 0.6 is 0 Å². The first-order valence-corrected chi connectivity index (χ1v) is 41.9. The maximum atomic E-state index is 6.47. The summed E-state index contributed by atoms with van der Waals surface area (Å²) in [5.41, 5.74) is 27.7. The highest BCUT2D eigenvalue weighted by atomic mass is 16.3. The summed E-state index contributed by atoms with van der Waals surface area (Å²) in [6.07, 6.45) is 9.15. The minimum Gasteiger partial charge on any atom is -0.455 e. The van der Waals surface area contributed by atoms with Gasteiger partial charge in [0.15, 0.2) is 34.9 Å². The number of fused-ring (bicyclic) bond motifs is 15. The lowest BCUT2D eigenvalue weighted by Gasteiger charge is -2.22. The van der Waals surface area contributed by atoms with E-state index in [1.165, 1.54) is 54.9 Å². The van der Waals surface area contributed by atoms with Crippen molar-refractivity contribution in [3.63, 3.8) is 0 Å².